The second-order valence-electron chi connectivity index (χ2n) is 25.5. The predicted octanol–water partition coefficient (Wildman–Crippen LogP) is 6.66. The summed E-state index contributed by atoms with van der Waals surface area (Å²) < 4.78 is 29.5. The summed E-state index contributed by atoms with van der Waals surface area (Å²) in [6.07, 6.45) is 4.99. The standard InChI is InChI=1S/C10H13NO.C9H11NO.2C8H17NO.2C7H15NO.C6H11NO.C5H9NO3.C5H11NO.C4H10N2O.C4H9NO.O3S/c1-2-11-10(12)8-9-6-4-3-5-7-9;1-2-10-9(11)8-6-4-3-5-7-8;1-7(2,3)8(4,5)6(9)10;1-5-7(4)8(10)9-6(2)3;1-5-7(2,3)6(9)8-4;1-5(2)6(3)7(9)8-4;1-5-2-3-7-6(8)4-5;1-2-6-5(8)3-9-4-7;1-3-4(2)5(6)7;1-2-6-4(7)3-5;1-3-5-4(2)6;1-4(2)3/h3-7H,2,8H2,1H3,(H,11,12);3-7H,2H2,1H3,(H,10,11);1-5H3,(H2,9,10);6-7H,5H2,1-4H3,(H,9,10);5H2,1-4H3,(H,8,9);5-6H,1-4H3,(H,8,9);5H,2-4H2,1H3,(H,7,8);4H,2-3H2,1H3,(H,6,8);4H,3H2,1-2H3,(H2,6,7);2-3,5H2,1H3,(H,6,7);3H2,1-2H3,(H,5,6);. The lowest BCUT2D eigenvalue weighted by atomic mass is 9.69. The van der Waals surface area contributed by atoms with Gasteiger partial charge >= 0.3 is 10.6 Å². The SMILES string of the molecule is CC(C)(C)C(C)(C)C(N)=O.CC1CCNC(=O)C1.CCC(C)(C)C(=O)NC.CCC(C)C(=O)NC(C)C.CCC(C)C(N)=O.CCNC(=O)CN.CCNC(=O)COC=O.CCNC(=O)Cc1ccccc1.CCNC(=O)c1ccccc1.CCNC(C)=O.CNC(=O)C(C)C(C)C.O=S(=O)=O. The van der Waals surface area contributed by atoms with Crippen molar-refractivity contribution in [1.29, 1.82) is 0 Å². The van der Waals surface area contributed by atoms with E-state index in [2.05, 4.69) is 59.5 Å². The topological polar surface area (TPSA) is 452 Å². The van der Waals surface area contributed by atoms with Crippen LogP contribution in [0.5, 0.6) is 0 Å². The maximum atomic E-state index is 11.1. The molecule has 2 aromatic rings. The summed E-state index contributed by atoms with van der Waals surface area (Å²) in [6, 6.07) is 19.2. The van der Waals surface area contributed by atoms with Crippen LogP contribution in [-0.2, 0) is 74.5 Å². The van der Waals surface area contributed by atoms with E-state index in [0.717, 1.165) is 50.8 Å². The Bertz CT molecular complexity index is 2670. The lowest BCUT2D eigenvalue weighted by Crippen LogP contribution is -2.42. The zero-order valence-corrected chi connectivity index (χ0v) is 67.7. The first-order chi connectivity index (χ1) is 47.2. The summed E-state index contributed by atoms with van der Waals surface area (Å²) in [6.45, 7) is 50.7. The monoisotopic (exact) mass is 1470 g/mol. The molecule has 28 nitrogen and oxygen atoms in total. The normalized spacial score (nSPS) is 12.1. The molecule has 4 unspecified atom stereocenters. The Kier molecular flexibility index (Phi) is 78.2. The number of hydrogen-bond acceptors (Lipinski definition) is 17. The highest BCUT2D eigenvalue weighted by Gasteiger charge is 2.38. The van der Waals surface area contributed by atoms with Gasteiger partial charge in [-0.2, -0.15) is 0 Å². The van der Waals surface area contributed by atoms with Crippen molar-refractivity contribution in [3.05, 3.63) is 71.8 Å². The van der Waals surface area contributed by atoms with E-state index < -0.39 is 16.0 Å². The Morgan fingerprint density at radius 2 is 1.06 bits per heavy atom. The summed E-state index contributed by atoms with van der Waals surface area (Å²) in [5, 5.41) is 23.9. The van der Waals surface area contributed by atoms with Gasteiger partial charge in [-0.15, -0.1) is 12.6 Å². The van der Waals surface area contributed by atoms with Crippen molar-refractivity contribution in [2.75, 3.05) is 66.5 Å². The minimum absolute atomic E-state index is 0.00639. The van der Waals surface area contributed by atoms with Crippen LogP contribution in [0.15, 0.2) is 60.7 Å². The van der Waals surface area contributed by atoms with Gasteiger partial charge in [0, 0.05) is 107 Å². The molecule has 0 aromatic heterocycles. The van der Waals surface area contributed by atoms with Gasteiger partial charge in [0.15, 0.2) is 6.61 Å². The highest BCUT2D eigenvalue weighted by Crippen LogP contribution is 2.37. The fraction of sp³-hybridized carbons (Fsp3) is 0.671. The van der Waals surface area contributed by atoms with Gasteiger partial charge in [-0.1, -0.05) is 159 Å². The van der Waals surface area contributed by atoms with Crippen molar-refractivity contribution >= 4 is 82.1 Å². The zero-order valence-electron chi connectivity index (χ0n) is 66.9. The lowest BCUT2D eigenvalue weighted by Gasteiger charge is -2.35. The van der Waals surface area contributed by atoms with Gasteiger partial charge in [0.25, 0.3) is 18.3 Å². The number of carbonyl (C=O) groups is 12. The van der Waals surface area contributed by atoms with Crippen LogP contribution < -0.4 is 65.1 Å². The van der Waals surface area contributed by atoms with Crippen LogP contribution in [0.4, 0.5) is 0 Å². The summed E-state index contributed by atoms with van der Waals surface area (Å²) in [5.74, 6) is 1.30. The predicted molar refractivity (Wildman–Crippen MR) is 407 cm³/mol. The van der Waals surface area contributed by atoms with E-state index in [9.17, 15) is 57.5 Å². The van der Waals surface area contributed by atoms with Gasteiger partial charge in [-0.3, -0.25) is 57.5 Å². The number of nitrogens with one attached hydrogen (secondary N) is 9. The highest BCUT2D eigenvalue weighted by molar-refractivity contribution is 7.59. The van der Waals surface area contributed by atoms with Gasteiger partial charge < -0.3 is 69.8 Å². The lowest BCUT2D eigenvalue weighted by molar-refractivity contribution is -0.137. The molecule has 102 heavy (non-hydrogen) atoms. The third-order valence-corrected chi connectivity index (χ3v) is 14.6. The molecular formula is C73H138N12O16S. The first kappa shape index (κ1) is 112. The first-order valence-electron chi connectivity index (χ1n) is 34.7. The number of carbonyl (C=O) groups excluding carboxylic acids is 12. The molecule has 0 bridgehead atoms. The van der Waals surface area contributed by atoms with Gasteiger partial charge in [0.2, 0.25) is 53.2 Å². The molecule has 1 aliphatic rings. The number of ether oxygens (including phenoxy) is 1. The molecule has 3 rings (SSSR count). The fourth-order valence-electron chi connectivity index (χ4n) is 5.93. The molecular weight excluding hydrogens is 1330 g/mol. The summed E-state index contributed by atoms with van der Waals surface area (Å²) in [5.41, 5.74) is 16.2. The van der Waals surface area contributed by atoms with Crippen LogP contribution in [0.25, 0.3) is 0 Å². The number of primary amides is 2. The van der Waals surface area contributed by atoms with Crippen molar-refractivity contribution in [3.63, 3.8) is 0 Å². The quantitative estimate of drug-likeness (QED) is 0.0548. The summed E-state index contributed by atoms with van der Waals surface area (Å²) >= 11 is 0. The second kappa shape index (κ2) is 71.1. The Hall–Kier alpha value is -8.34. The number of amides is 11. The third kappa shape index (κ3) is 77.4. The van der Waals surface area contributed by atoms with Crippen molar-refractivity contribution in [3.8, 4) is 0 Å². The number of likely N-dealkylation sites (N-methyl/N-ethyl adjacent to an activating group) is 3. The van der Waals surface area contributed by atoms with Gasteiger partial charge in [-0.25, -0.2) is 0 Å². The number of rotatable bonds is 22. The van der Waals surface area contributed by atoms with Crippen LogP contribution in [0, 0.1) is 45.8 Å². The molecule has 0 radical (unpaired) electrons. The van der Waals surface area contributed by atoms with E-state index in [0.29, 0.717) is 50.0 Å². The molecule has 29 heteroatoms. The molecule has 15 N–H and O–H groups in total. The minimum Gasteiger partial charge on any atom is -0.458 e. The first-order valence-corrected chi connectivity index (χ1v) is 35.7. The average molecular weight is 1470 g/mol. The van der Waals surface area contributed by atoms with E-state index in [4.69, 9.17) is 29.8 Å². The number of nitrogens with two attached hydrogens (primary N) is 3. The summed E-state index contributed by atoms with van der Waals surface area (Å²) in [7, 11) is 0.223. The number of hydrogen-bond donors (Lipinski definition) is 12. The fourth-order valence-corrected chi connectivity index (χ4v) is 5.93. The van der Waals surface area contributed by atoms with Gasteiger partial charge in [0.1, 0.15) is 0 Å². The van der Waals surface area contributed by atoms with Crippen LogP contribution in [-0.4, -0.2) is 157 Å². The van der Waals surface area contributed by atoms with Crippen molar-refractivity contribution in [1.82, 2.24) is 47.9 Å². The number of piperidine rings is 1. The van der Waals surface area contributed by atoms with Crippen LogP contribution in [0.3, 0.4) is 0 Å². The average Bonchev–Trinajstić information content (AvgIpc) is 0.828. The zero-order chi connectivity index (χ0) is 81.8. The van der Waals surface area contributed by atoms with E-state index in [1.165, 1.54) is 6.92 Å². The van der Waals surface area contributed by atoms with E-state index in [-0.39, 0.29) is 119 Å². The Morgan fingerprint density at radius 1 is 0.627 bits per heavy atom. The molecule has 0 aliphatic carbocycles. The maximum Gasteiger partial charge on any atom is 0.425 e. The minimum atomic E-state index is -3.11. The molecule has 1 heterocycles. The summed E-state index contributed by atoms with van der Waals surface area (Å²) in [4.78, 5) is 127. The Labute approximate surface area is 614 Å². The van der Waals surface area contributed by atoms with Crippen molar-refractivity contribution in [2.45, 2.75) is 211 Å². The molecule has 4 atom stereocenters. The molecule has 2 aromatic carbocycles. The molecule has 1 saturated heterocycles. The highest BCUT2D eigenvalue weighted by atomic mass is 32.2. The van der Waals surface area contributed by atoms with E-state index in [1.54, 1.807) is 33.2 Å². The molecule has 0 spiro atoms. The van der Waals surface area contributed by atoms with Crippen LogP contribution in [0.2, 0.25) is 0 Å². The molecule has 11 amide bonds. The van der Waals surface area contributed by atoms with Crippen LogP contribution >= 0.6 is 0 Å². The smallest absolute Gasteiger partial charge is 0.425 e. The maximum absolute atomic E-state index is 11.1. The van der Waals surface area contributed by atoms with E-state index in [1.807, 2.05) is 194 Å². The Morgan fingerprint density at radius 3 is 1.30 bits per heavy atom. The largest absolute Gasteiger partial charge is 0.458 e. The molecule has 1 fully saturated rings. The number of benzene rings is 2. The molecule has 1 aliphatic heterocycles. The van der Waals surface area contributed by atoms with Crippen molar-refractivity contribution < 1.29 is 74.9 Å². The second-order valence-corrected chi connectivity index (χ2v) is 25.9. The third-order valence-electron chi connectivity index (χ3n) is 14.6. The van der Waals surface area contributed by atoms with E-state index >= 15 is 0 Å². The van der Waals surface area contributed by atoms with Crippen LogP contribution in [0.1, 0.15) is 214 Å². The Balaban J connectivity index is -0.000000133. The molecule has 0 saturated carbocycles. The van der Waals surface area contributed by atoms with Crippen molar-refractivity contribution in [2.24, 2.45) is 63.0 Å². The molecule has 592 valence electrons. The van der Waals surface area contributed by atoms with Gasteiger partial charge in [-0.05, 0) is 109 Å². The van der Waals surface area contributed by atoms with Gasteiger partial charge in [0.05, 0.1) is 13.0 Å².